The van der Waals surface area contributed by atoms with Crippen molar-refractivity contribution in [2.75, 3.05) is 31.1 Å². The topological polar surface area (TPSA) is 15.7 Å². The summed E-state index contributed by atoms with van der Waals surface area (Å²) in [5.74, 6) is 1.00. The third-order valence-electron chi connectivity index (χ3n) is 6.25. The zero-order valence-electron chi connectivity index (χ0n) is 17.0. The number of rotatable bonds is 3. The molecule has 3 nitrogen and oxygen atoms in total. The van der Waals surface area contributed by atoms with Gasteiger partial charge in [-0.05, 0) is 42.0 Å². The van der Waals surface area contributed by atoms with Gasteiger partial charge in [0.1, 0.15) is 5.75 Å². The minimum Gasteiger partial charge on any atom is -0.493 e. The van der Waals surface area contributed by atoms with Gasteiger partial charge in [-0.2, -0.15) is 0 Å². The first kappa shape index (κ1) is 21.0. The van der Waals surface area contributed by atoms with Gasteiger partial charge in [-0.15, -0.1) is 0 Å². The molecule has 31 heavy (non-hydrogen) atoms. The van der Waals surface area contributed by atoms with E-state index in [0.717, 1.165) is 49.1 Å². The molecule has 0 spiro atoms. The van der Waals surface area contributed by atoms with Crippen molar-refractivity contribution in [1.29, 1.82) is 0 Å². The highest BCUT2D eigenvalue weighted by molar-refractivity contribution is 6.36. The monoisotopic (exact) mass is 472 g/mol. The fourth-order valence-electron chi connectivity index (χ4n) is 4.76. The van der Waals surface area contributed by atoms with Gasteiger partial charge in [0, 0.05) is 47.7 Å². The van der Waals surface area contributed by atoms with Crippen LogP contribution in [0, 0.1) is 0 Å². The molecule has 2 aliphatic rings. The van der Waals surface area contributed by atoms with E-state index in [1.165, 1.54) is 11.1 Å². The lowest BCUT2D eigenvalue weighted by atomic mass is 9.95. The van der Waals surface area contributed by atoms with Crippen LogP contribution in [0.5, 0.6) is 5.75 Å². The third-order valence-corrected chi connectivity index (χ3v) is 7.04. The van der Waals surface area contributed by atoms with E-state index in [-0.39, 0.29) is 6.04 Å². The second-order valence-corrected chi connectivity index (χ2v) is 9.32. The first-order chi connectivity index (χ1) is 15.1. The number of anilines is 1. The molecule has 0 radical (unpaired) electrons. The summed E-state index contributed by atoms with van der Waals surface area (Å²) < 4.78 is 5.90. The number of hydrogen-bond donors (Lipinski definition) is 0. The predicted molar refractivity (Wildman–Crippen MR) is 129 cm³/mol. The zero-order valence-corrected chi connectivity index (χ0v) is 19.2. The van der Waals surface area contributed by atoms with Crippen molar-refractivity contribution in [3.63, 3.8) is 0 Å². The second kappa shape index (κ2) is 8.91. The van der Waals surface area contributed by atoms with Gasteiger partial charge in [-0.3, -0.25) is 4.90 Å². The Hall–Kier alpha value is -1.91. The quantitative estimate of drug-likeness (QED) is 0.406. The number of halogens is 3. The number of fused-ring (bicyclic) bond motifs is 1. The lowest BCUT2D eigenvalue weighted by Gasteiger charge is -2.47. The molecule has 2 heterocycles. The number of ether oxygens (including phenoxy) is 1. The standard InChI is InChI=1S/C25H23Cl3N2O/c26-18-7-5-17(6-8-18)24-16-29(22-11-14-31-25-4-2-1-3-20(22)25)12-13-30(24)23-10-9-19(27)15-21(23)28/h1-10,15,22,24H,11-14,16H2/t22?,24-/m0/s1. The van der Waals surface area contributed by atoms with E-state index in [9.17, 15) is 0 Å². The van der Waals surface area contributed by atoms with E-state index in [2.05, 4.69) is 40.1 Å². The molecule has 1 unspecified atom stereocenters. The number of piperazine rings is 1. The molecule has 6 heteroatoms. The van der Waals surface area contributed by atoms with Crippen molar-refractivity contribution in [1.82, 2.24) is 4.90 Å². The average Bonchev–Trinajstić information content (AvgIpc) is 2.79. The normalized spacial score (nSPS) is 21.5. The fourth-order valence-corrected chi connectivity index (χ4v) is 5.41. The largest absolute Gasteiger partial charge is 0.493 e. The summed E-state index contributed by atoms with van der Waals surface area (Å²) in [6, 6.07) is 22.8. The molecule has 3 aromatic carbocycles. The summed E-state index contributed by atoms with van der Waals surface area (Å²) >= 11 is 19.0. The lowest BCUT2D eigenvalue weighted by molar-refractivity contribution is 0.117. The molecule has 0 aromatic heterocycles. The Morgan fingerprint density at radius 1 is 0.806 bits per heavy atom. The highest BCUT2D eigenvalue weighted by Gasteiger charge is 2.35. The number of nitrogens with zero attached hydrogens (tertiary/aromatic N) is 2. The van der Waals surface area contributed by atoms with Gasteiger partial charge in [-0.25, -0.2) is 0 Å². The highest BCUT2D eigenvalue weighted by Crippen LogP contribution is 2.41. The molecule has 0 saturated carbocycles. The van der Waals surface area contributed by atoms with E-state index < -0.39 is 0 Å². The summed E-state index contributed by atoms with van der Waals surface area (Å²) in [5.41, 5.74) is 3.51. The minimum atomic E-state index is 0.152. The van der Waals surface area contributed by atoms with E-state index in [0.29, 0.717) is 16.1 Å². The molecule has 0 N–H and O–H groups in total. The molecule has 5 rings (SSSR count). The van der Waals surface area contributed by atoms with Crippen LogP contribution < -0.4 is 9.64 Å². The molecule has 0 amide bonds. The zero-order chi connectivity index (χ0) is 21.4. The Morgan fingerprint density at radius 3 is 2.39 bits per heavy atom. The average molecular weight is 474 g/mol. The van der Waals surface area contributed by atoms with Gasteiger partial charge in [0.25, 0.3) is 0 Å². The van der Waals surface area contributed by atoms with Crippen molar-refractivity contribution in [2.24, 2.45) is 0 Å². The Morgan fingerprint density at radius 2 is 1.58 bits per heavy atom. The summed E-state index contributed by atoms with van der Waals surface area (Å²) in [5, 5.41) is 2.07. The van der Waals surface area contributed by atoms with Crippen LogP contribution in [0.25, 0.3) is 0 Å². The van der Waals surface area contributed by atoms with Crippen molar-refractivity contribution >= 4 is 40.5 Å². The van der Waals surface area contributed by atoms with Gasteiger partial charge in [0.2, 0.25) is 0 Å². The summed E-state index contributed by atoms with van der Waals surface area (Å²) in [7, 11) is 0. The SMILES string of the molecule is Clc1ccc([C@@H]2CN(C3CCOc4ccccc43)CCN2c2ccc(Cl)cc2Cl)cc1. The molecule has 2 aliphatic heterocycles. The van der Waals surface area contributed by atoms with Crippen LogP contribution in [-0.2, 0) is 0 Å². The molecular weight excluding hydrogens is 451 g/mol. The van der Waals surface area contributed by atoms with Crippen LogP contribution in [0.1, 0.15) is 29.6 Å². The first-order valence-corrected chi connectivity index (χ1v) is 11.7. The summed E-state index contributed by atoms with van der Waals surface area (Å²) in [6.45, 7) is 3.45. The Balaban J connectivity index is 1.49. The number of benzene rings is 3. The van der Waals surface area contributed by atoms with Crippen molar-refractivity contribution < 1.29 is 4.74 Å². The molecule has 0 bridgehead atoms. The maximum absolute atomic E-state index is 6.62. The van der Waals surface area contributed by atoms with Crippen LogP contribution in [0.15, 0.2) is 66.7 Å². The number of hydrogen-bond acceptors (Lipinski definition) is 3. The van der Waals surface area contributed by atoms with Crippen LogP contribution in [0.3, 0.4) is 0 Å². The van der Waals surface area contributed by atoms with Crippen LogP contribution in [0.2, 0.25) is 15.1 Å². The van der Waals surface area contributed by atoms with Crippen LogP contribution in [-0.4, -0.2) is 31.1 Å². The van der Waals surface area contributed by atoms with Gasteiger partial charge >= 0.3 is 0 Å². The Kier molecular flexibility index (Phi) is 6.03. The van der Waals surface area contributed by atoms with Crippen molar-refractivity contribution in [3.05, 3.63) is 92.9 Å². The molecular formula is C25H23Cl3N2O. The third kappa shape index (κ3) is 4.25. The number of para-hydroxylation sites is 1. The van der Waals surface area contributed by atoms with E-state index >= 15 is 0 Å². The molecule has 160 valence electrons. The predicted octanol–water partition coefficient (Wildman–Crippen LogP) is 7.03. The highest BCUT2D eigenvalue weighted by atomic mass is 35.5. The molecule has 3 aromatic rings. The maximum atomic E-state index is 6.62. The first-order valence-electron chi connectivity index (χ1n) is 10.5. The fraction of sp³-hybridized carbons (Fsp3) is 0.280. The van der Waals surface area contributed by atoms with E-state index in [4.69, 9.17) is 39.5 Å². The summed E-state index contributed by atoms with van der Waals surface area (Å²) in [4.78, 5) is 4.98. The minimum absolute atomic E-state index is 0.152. The maximum Gasteiger partial charge on any atom is 0.124 e. The van der Waals surface area contributed by atoms with E-state index in [1.807, 2.05) is 36.4 Å². The van der Waals surface area contributed by atoms with Gasteiger partial charge in [-0.1, -0.05) is 65.1 Å². The second-order valence-electron chi connectivity index (χ2n) is 8.04. The van der Waals surface area contributed by atoms with Crippen molar-refractivity contribution in [2.45, 2.75) is 18.5 Å². The van der Waals surface area contributed by atoms with Crippen molar-refractivity contribution in [3.8, 4) is 5.75 Å². The van der Waals surface area contributed by atoms with Gasteiger partial charge in [0.15, 0.2) is 0 Å². The summed E-state index contributed by atoms with van der Waals surface area (Å²) in [6.07, 6.45) is 0.992. The molecule has 0 aliphatic carbocycles. The van der Waals surface area contributed by atoms with Crippen LogP contribution >= 0.6 is 34.8 Å². The van der Waals surface area contributed by atoms with Gasteiger partial charge < -0.3 is 9.64 Å². The van der Waals surface area contributed by atoms with Crippen LogP contribution in [0.4, 0.5) is 5.69 Å². The van der Waals surface area contributed by atoms with E-state index in [1.54, 1.807) is 0 Å². The molecule has 1 saturated heterocycles. The Labute approximate surface area is 198 Å². The lowest BCUT2D eigenvalue weighted by Crippen LogP contribution is -2.50. The van der Waals surface area contributed by atoms with Gasteiger partial charge in [0.05, 0.1) is 23.4 Å². The Bertz CT molecular complexity index is 1070. The molecule has 2 atom stereocenters. The smallest absolute Gasteiger partial charge is 0.124 e. The molecule has 1 fully saturated rings.